The maximum absolute atomic E-state index is 4.02. The SMILES string of the molecule is CC(C)(C)CCNc1cnsc1. The van der Waals surface area contributed by atoms with E-state index in [-0.39, 0.29) is 0 Å². The van der Waals surface area contributed by atoms with Crippen molar-refractivity contribution in [1.82, 2.24) is 4.37 Å². The molecule has 1 aromatic rings. The van der Waals surface area contributed by atoms with E-state index in [1.807, 2.05) is 11.6 Å². The molecule has 0 radical (unpaired) electrons. The third kappa shape index (κ3) is 3.72. The summed E-state index contributed by atoms with van der Waals surface area (Å²) in [5, 5.41) is 5.36. The molecule has 0 aliphatic carbocycles. The van der Waals surface area contributed by atoms with Crippen molar-refractivity contribution in [3.63, 3.8) is 0 Å². The lowest BCUT2D eigenvalue weighted by Gasteiger charge is -2.17. The van der Waals surface area contributed by atoms with Crippen LogP contribution < -0.4 is 5.32 Å². The van der Waals surface area contributed by atoms with Gasteiger partial charge in [0.15, 0.2) is 0 Å². The lowest BCUT2D eigenvalue weighted by atomic mass is 9.92. The number of nitrogens with zero attached hydrogens (tertiary/aromatic N) is 1. The quantitative estimate of drug-likeness (QED) is 0.781. The molecule has 3 heteroatoms. The second-order valence-electron chi connectivity index (χ2n) is 4.15. The zero-order valence-corrected chi connectivity index (χ0v) is 8.74. The van der Waals surface area contributed by atoms with Crippen molar-refractivity contribution in [3.05, 3.63) is 11.6 Å². The Balaban J connectivity index is 2.20. The van der Waals surface area contributed by atoms with Crippen molar-refractivity contribution >= 4 is 17.2 Å². The first-order valence-corrected chi connectivity index (χ1v) is 5.05. The molecule has 0 aliphatic heterocycles. The normalized spacial score (nSPS) is 11.6. The molecule has 0 fully saturated rings. The monoisotopic (exact) mass is 184 g/mol. The highest BCUT2D eigenvalue weighted by Crippen LogP contribution is 2.18. The Morgan fingerprint density at radius 2 is 2.25 bits per heavy atom. The summed E-state index contributed by atoms with van der Waals surface area (Å²) in [7, 11) is 0. The van der Waals surface area contributed by atoms with Gasteiger partial charge in [0.05, 0.1) is 11.9 Å². The topological polar surface area (TPSA) is 24.9 Å². The Morgan fingerprint density at radius 1 is 1.50 bits per heavy atom. The van der Waals surface area contributed by atoms with E-state index in [2.05, 4.69) is 30.5 Å². The maximum atomic E-state index is 4.02. The maximum Gasteiger partial charge on any atom is 0.0652 e. The predicted octanol–water partition coefficient (Wildman–Crippen LogP) is 2.99. The summed E-state index contributed by atoms with van der Waals surface area (Å²) in [4.78, 5) is 0. The van der Waals surface area contributed by atoms with Gasteiger partial charge in [0.1, 0.15) is 0 Å². The van der Waals surface area contributed by atoms with Gasteiger partial charge < -0.3 is 5.32 Å². The minimum absolute atomic E-state index is 0.413. The van der Waals surface area contributed by atoms with Crippen LogP contribution >= 0.6 is 11.5 Å². The zero-order valence-electron chi connectivity index (χ0n) is 7.92. The number of rotatable bonds is 3. The molecule has 0 saturated carbocycles. The number of aromatic nitrogens is 1. The Bertz CT molecular complexity index is 211. The summed E-state index contributed by atoms with van der Waals surface area (Å²) in [5.74, 6) is 0. The number of hydrogen-bond acceptors (Lipinski definition) is 3. The van der Waals surface area contributed by atoms with Crippen molar-refractivity contribution in [3.8, 4) is 0 Å². The lowest BCUT2D eigenvalue weighted by molar-refractivity contribution is 0.390. The number of nitrogens with one attached hydrogen (secondary N) is 1. The van der Waals surface area contributed by atoms with Gasteiger partial charge in [-0.25, -0.2) is 0 Å². The molecule has 0 spiro atoms. The van der Waals surface area contributed by atoms with Crippen LogP contribution in [0.3, 0.4) is 0 Å². The first-order valence-electron chi connectivity index (χ1n) is 4.21. The van der Waals surface area contributed by atoms with Crippen LogP contribution in [0.5, 0.6) is 0 Å². The average Bonchev–Trinajstić information content (AvgIpc) is 2.36. The summed E-state index contributed by atoms with van der Waals surface area (Å²) in [5.41, 5.74) is 1.56. The molecular weight excluding hydrogens is 168 g/mol. The van der Waals surface area contributed by atoms with Crippen LogP contribution in [0, 0.1) is 5.41 Å². The van der Waals surface area contributed by atoms with Crippen molar-refractivity contribution in [2.24, 2.45) is 5.41 Å². The predicted molar refractivity (Wildman–Crippen MR) is 54.7 cm³/mol. The smallest absolute Gasteiger partial charge is 0.0652 e. The molecule has 68 valence electrons. The molecule has 0 aromatic carbocycles. The fourth-order valence-corrected chi connectivity index (χ4v) is 1.37. The second-order valence-corrected chi connectivity index (χ2v) is 4.81. The van der Waals surface area contributed by atoms with Gasteiger partial charge in [-0.2, -0.15) is 4.37 Å². The van der Waals surface area contributed by atoms with Gasteiger partial charge in [-0.15, -0.1) is 0 Å². The van der Waals surface area contributed by atoms with E-state index < -0.39 is 0 Å². The molecule has 2 nitrogen and oxygen atoms in total. The number of anilines is 1. The van der Waals surface area contributed by atoms with Gasteiger partial charge in [-0.3, -0.25) is 0 Å². The Labute approximate surface area is 78.2 Å². The molecule has 1 aromatic heterocycles. The van der Waals surface area contributed by atoms with Gasteiger partial charge in [-0.1, -0.05) is 20.8 Å². The molecule has 0 aliphatic rings. The van der Waals surface area contributed by atoms with Crippen molar-refractivity contribution in [2.45, 2.75) is 27.2 Å². The van der Waals surface area contributed by atoms with Gasteiger partial charge in [0, 0.05) is 11.9 Å². The highest BCUT2D eigenvalue weighted by molar-refractivity contribution is 7.04. The standard InChI is InChI=1S/C9H16N2S/c1-9(2,3)4-5-10-8-6-11-12-7-8/h6-7,10H,4-5H2,1-3H3. The summed E-state index contributed by atoms with van der Waals surface area (Å²) >= 11 is 1.49. The molecule has 0 unspecified atom stereocenters. The first-order chi connectivity index (χ1) is 5.58. The summed E-state index contributed by atoms with van der Waals surface area (Å²) in [6.45, 7) is 7.78. The van der Waals surface area contributed by atoms with Crippen LogP contribution in [0.15, 0.2) is 11.6 Å². The minimum atomic E-state index is 0.413. The van der Waals surface area contributed by atoms with E-state index in [0.29, 0.717) is 5.41 Å². The molecular formula is C9H16N2S. The summed E-state index contributed by atoms with van der Waals surface area (Å²) in [6, 6.07) is 0. The third-order valence-corrected chi connectivity index (χ3v) is 2.22. The van der Waals surface area contributed by atoms with Crippen LogP contribution in [0.25, 0.3) is 0 Å². The molecule has 0 amide bonds. The van der Waals surface area contributed by atoms with Crippen molar-refractivity contribution in [1.29, 1.82) is 0 Å². The van der Waals surface area contributed by atoms with E-state index in [9.17, 15) is 0 Å². The first kappa shape index (κ1) is 9.52. The zero-order chi connectivity index (χ0) is 9.03. The van der Waals surface area contributed by atoms with Gasteiger partial charge in [-0.05, 0) is 23.4 Å². The summed E-state index contributed by atoms with van der Waals surface area (Å²) in [6.07, 6.45) is 3.05. The van der Waals surface area contributed by atoms with Crippen LogP contribution in [-0.4, -0.2) is 10.9 Å². The molecule has 12 heavy (non-hydrogen) atoms. The highest BCUT2D eigenvalue weighted by atomic mass is 32.1. The molecule has 1 heterocycles. The Morgan fingerprint density at radius 3 is 2.75 bits per heavy atom. The van der Waals surface area contributed by atoms with Crippen LogP contribution in [0.1, 0.15) is 27.2 Å². The molecule has 1 N–H and O–H groups in total. The minimum Gasteiger partial charge on any atom is -0.383 e. The highest BCUT2D eigenvalue weighted by Gasteiger charge is 2.08. The van der Waals surface area contributed by atoms with E-state index in [1.165, 1.54) is 18.0 Å². The molecule has 1 rings (SSSR count). The van der Waals surface area contributed by atoms with Gasteiger partial charge in [0.2, 0.25) is 0 Å². The lowest BCUT2D eigenvalue weighted by Crippen LogP contribution is -2.12. The largest absolute Gasteiger partial charge is 0.383 e. The van der Waals surface area contributed by atoms with E-state index in [1.54, 1.807) is 0 Å². The van der Waals surface area contributed by atoms with E-state index in [0.717, 1.165) is 12.2 Å². The van der Waals surface area contributed by atoms with Gasteiger partial charge in [0.25, 0.3) is 0 Å². The Kier molecular flexibility index (Phi) is 3.09. The number of hydrogen-bond donors (Lipinski definition) is 1. The molecule has 0 bridgehead atoms. The second kappa shape index (κ2) is 3.90. The average molecular weight is 184 g/mol. The Hall–Kier alpha value is -0.570. The summed E-state index contributed by atoms with van der Waals surface area (Å²) < 4.78 is 4.02. The van der Waals surface area contributed by atoms with Crippen LogP contribution in [-0.2, 0) is 0 Å². The van der Waals surface area contributed by atoms with E-state index >= 15 is 0 Å². The molecule has 0 saturated heterocycles. The molecule has 0 atom stereocenters. The third-order valence-electron chi connectivity index (χ3n) is 1.64. The van der Waals surface area contributed by atoms with Crippen molar-refractivity contribution in [2.75, 3.05) is 11.9 Å². The van der Waals surface area contributed by atoms with Crippen molar-refractivity contribution < 1.29 is 0 Å². The van der Waals surface area contributed by atoms with E-state index in [4.69, 9.17) is 0 Å². The van der Waals surface area contributed by atoms with Crippen LogP contribution in [0.4, 0.5) is 5.69 Å². The fourth-order valence-electron chi connectivity index (χ4n) is 0.874. The van der Waals surface area contributed by atoms with Gasteiger partial charge >= 0.3 is 0 Å². The fraction of sp³-hybridized carbons (Fsp3) is 0.667. The van der Waals surface area contributed by atoms with Crippen LogP contribution in [0.2, 0.25) is 0 Å².